The molecule has 2 unspecified atom stereocenters. The number of ether oxygens (including phenoxy) is 1. The van der Waals surface area contributed by atoms with E-state index in [-0.39, 0.29) is 0 Å². The molecule has 18 heavy (non-hydrogen) atoms. The lowest BCUT2D eigenvalue weighted by Gasteiger charge is -2.06. The summed E-state index contributed by atoms with van der Waals surface area (Å²) >= 11 is 0. The fraction of sp³-hybridized carbons (Fsp3) is 0.500. The van der Waals surface area contributed by atoms with E-state index in [1.165, 1.54) is 6.42 Å². The zero-order valence-electron chi connectivity index (χ0n) is 10.9. The lowest BCUT2D eigenvalue weighted by atomic mass is 10.2. The van der Waals surface area contributed by atoms with E-state index in [4.69, 9.17) is 10.5 Å². The number of aromatic nitrogens is 2. The molecule has 1 aliphatic rings. The van der Waals surface area contributed by atoms with Crippen LogP contribution in [0.15, 0.2) is 18.2 Å². The van der Waals surface area contributed by atoms with Crippen LogP contribution in [0.1, 0.15) is 20.3 Å². The van der Waals surface area contributed by atoms with Gasteiger partial charge in [0.1, 0.15) is 11.3 Å². The van der Waals surface area contributed by atoms with Gasteiger partial charge in [0, 0.05) is 6.54 Å². The molecule has 4 heteroatoms. The molecule has 0 amide bonds. The van der Waals surface area contributed by atoms with Crippen molar-refractivity contribution in [3.63, 3.8) is 0 Å². The monoisotopic (exact) mass is 245 g/mol. The van der Waals surface area contributed by atoms with Crippen LogP contribution < -0.4 is 10.5 Å². The lowest BCUT2D eigenvalue weighted by Crippen LogP contribution is -2.05. The SMILES string of the molecule is CCOc1cccc2c1nc(N)n2CC1CC1C. The molecule has 2 atom stereocenters. The van der Waals surface area contributed by atoms with Gasteiger partial charge in [-0.25, -0.2) is 4.98 Å². The molecule has 1 saturated carbocycles. The first kappa shape index (κ1) is 11.4. The Labute approximate surface area is 107 Å². The zero-order valence-corrected chi connectivity index (χ0v) is 10.9. The number of rotatable bonds is 4. The van der Waals surface area contributed by atoms with Crippen LogP contribution in [-0.2, 0) is 6.54 Å². The van der Waals surface area contributed by atoms with Crippen molar-refractivity contribution in [2.45, 2.75) is 26.8 Å². The normalized spacial score (nSPS) is 22.3. The molecule has 1 fully saturated rings. The van der Waals surface area contributed by atoms with Crippen LogP contribution in [0, 0.1) is 11.8 Å². The van der Waals surface area contributed by atoms with Crippen molar-refractivity contribution in [3.05, 3.63) is 18.2 Å². The van der Waals surface area contributed by atoms with Gasteiger partial charge in [0.15, 0.2) is 0 Å². The van der Waals surface area contributed by atoms with E-state index in [0.717, 1.165) is 35.2 Å². The number of nitrogen functional groups attached to an aromatic ring is 1. The first-order valence-corrected chi connectivity index (χ1v) is 6.58. The Kier molecular flexibility index (Phi) is 2.65. The third kappa shape index (κ3) is 1.82. The van der Waals surface area contributed by atoms with E-state index in [2.05, 4.69) is 22.5 Å². The summed E-state index contributed by atoms with van der Waals surface area (Å²) in [6.45, 7) is 5.88. The molecule has 96 valence electrons. The van der Waals surface area contributed by atoms with Crippen molar-refractivity contribution < 1.29 is 4.74 Å². The van der Waals surface area contributed by atoms with Crippen LogP contribution in [-0.4, -0.2) is 16.2 Å². The minimum absolute atomic E-state index is 0.594. The second-order valence-electron chi connectivity index (χ2n) is 5.11. The summed E-state index contributed by atoms with van der Waals surface area (Å²) in [6, 6.07) is 6.01. The van der Waals surface area contributed by atoms with Gasteiger partial charge in [-0.2, -0.15) is 0 Å². The maximum Gasteiger partial charge on any atom is 0.201 e. The highest BCUT2D eigenvalue weighted by molar-refractivity contribution is 5.84. The maximum atomic E-state index is 6.04. The van der Waals surface area contributed by atoms with E-state index in [1.807, 2.05) is 19.1 Å². The molecule has 1 aliphatic carbocycles. The molecular formula is C14H19N3O. The minimum atomic E-state index is 0.594. The number of para-hydroxylation sites is 1. The van der Waals surface area contributed by atoms with Crippen molar-refractivity contribution in [2.24, 2.45) is 11.8 Å². The van der Waals surface area contributed by atoms with Gasteiger partial charge >= 0.3 is 0 Å². The number of hydrogen-bond acceptors (Lipinski definition) is 3. The molecule has 0 bridgehead atoms. The Hall–Kier alpha value is -1.71. The van der Waals surface area contributed by atoms with Gasteiger partial charge in [-0.05, 0) is 37.3 Å². The van der Waals surface area contributed by atoms with Crippen molar-refractivity contribution >= 4 is 17.0 Å². The van der Waals surface area contributed by atoms with Gasteiger partial charge in [0.25, 0.3) is 0 Å². The van der Waals surface area contributed by atoms with Gasteiger partial charge in [0.05, 0.1) is 12.1 Å². The summed E-state index contributed by atoms with van der Waals surface area (Å²) in [7, 11) is 0. The molecule has 2 N–H and O–H groups in total. The summed E-state index contributed by atoms with van der Waals surface area (Å²) in [5.74, 6) is 2.98. The molecule has 0 aliphatic heterocycles. The molecule has 1 aromatic heterocycles. The summed E-state index contributed by atoms with van der Waals surface area (Å²) in [6.07, 6.45) is 1.30. The summed E-state index contributed by atoms with van der Waals surface area (Å²) in [5.41, 5.74) is 8.00. The first-order chi connectivity index (χ1) is 8.70. The molecule has 1 heterocycles. The van der Waals surface area contributed by atoms with E-state index < -0.39 is 0 Å². The van der Waals surface area contributed by atoms with Gasteiger partial charge in [0.2, 0.25) is 5.95 Å². The second-order valence-corrected chi connectivity index (χ2v) is 5.11. The number of anilines is 1. The van der Waals surface area contributed by atoms with Crippen molar-refractivity contribution in [2.75, 3.05) is 12.3 Å². The van der Waals surface area contributed by atoms with Crippen molar-refractivity contribution in [3.8, 4) is 5.75 Å². The number of hydrogen-bond donors (Lipinski definition) is 1. The number of fused-ring (bicyclic) bond motifs is 1. The van der Waals surface area contributed by atoms with Gasteiger partial charge in [-0.3, -0.25) is 0 Å². The quantitative estimate of drug-likeness (QED) is 0.901. The van der Waals surface area contributed by atoms with Crippen LogP contribution in [0.5, 0.6) is 5.75 Å². The highest BCUT2D eigenvalue weighted by atomic mass is 16.5. The highest BCUT2D eigenvalue weighted by Gasteiger charge is 2.33. The Balaban J connectivity index is 2.03. The van der Waals surface area contributed by atoms with E-state index >= 15 is 0 Å². The predicted octanol–water partition coefficient (Wildman–Crippen LogP) is 2.67. The fourth-order valence-corrected chi connectivity index (χ4v) is 2.49. The molecule has 1 aromatic carbocycles. The summed E-state index contributed by atoms with van der Waals surface area (Å²) in [5, 5.41) is 0. The standard InChI is InChI=1S/C14H19N3O/c1-3-18-12-6-4-5-11-13(12)16-14(15)17(11)8-10-7-9(10)2/h4-6,9-10H,3,7-8H2,1-2H3,(H2,15,16). The van der Waals surface area contributed by atoms with Crippen LogP contribution in [0.4, 0.5) is 5.95 Å². The third-order valence-corrected chi connectivity index (χ3v) is 3.76. The minimum Gasteiger partial charge on any atom is -0.492 e. The fourth-order valence-electron chi connectivity index (χ4n) is 2.49. The number of benzene rings is 1. The van der Waals surface area contributed by atoms with Crippen molar-refractivity contribution in [1.29, 1.82) is 0 Å². The second kappa shape index (κ2) is 4.19. The average molecular weight is 245 g/mol. The Morgan fingerprint density at radius 2 is 2.28 bits per heavy atom. The molecule has 0 spiro atoms. The maximum absolute atomic E-state index is 6.04. The van der Waals surface area contributed by atoms with E-state index in [0.29, 0.717) is 12.6 Å². The number of nitrogens with two attached hydrogens (primary N) is 1. The predicted molar refractivity (Wildman–Crippen MR) is 72.6 cm³/mol. The average Bonchev–Trinajstić information content (AvgIpc) is 2.94. The molecule has 4 nitrogen and oxygen atoms in total. The van der Waals surface area contributed by atoms with Crippen LogP contribution >= 0.6 is 0 Å². The smallest absolute Gasteiger partial charge is 0.201 e. The van der Waals surface area contributed by atoms with Crippen molar-refractivity contribution in [1.82, 2.24) is 9.55 Å². The van der Waals surface area contributed by atoms with Crippen LogP contribution in [0.2, 0.25) is 0 Å². The van der Waals surface area contributed by atoms with Crippen LogP contribution in [0.25, 0.3) is 11.0 Å². The molecule has 0 saturated heterocycles. The molecule has 2 aromatic rings. The first-order valence-electron chi connectivity index (χ1n) is 6.58. The largest absolute Gasteiger partial charge is 0.492 e. The molecule has 3 rings (SSSR count). The van der Waals surface area contributed by atoms with Gasteiger partial charge in [-0.15, -0.1) is 0 Å². The summed E-state index contributed by atoms with van der Waals surface area (Å²) in [4.78, 5) is 4.45. The topological polar surface area (TPSA) is 53.1 Å². The van der Waals surface area contributed by atoms with Crippen LogP contribution in [0.3, 0.4) is 0 Å². The number of nitrogens with zero attached hydrogens (tertiary/aromatic N) is 2. The van der Waals surface area contributed by atoms with Gasteiger partial charge in [-0.1, -0.05) is 13.0 Å². The molecular weight excluding hydrogens is 226 g/mol. The summed E-state index contributed by atoms with van der Waals surface area (Å²) < 4.78 is 7.71. The lowest BCUT2D eigenvalue weighted by molar-refractivity contribution is 0.343. The third-order valence-electron chi connectivity index (χ3n) is 3.76. The van der Waals surface area contributed by atoms with E-state index in [9.17, 15) is 0 Å². The number of imidazole rings is 1. The Morgan fingerprint density at radius 1 is 1.50 bits per heavy atom. The molecule has 0 radical (unpaired) electrons. The Bertz CT molecular complexity index is 576. The highest BCUT2D eigenvalue weighted by Crippen LogP contribution is 2.40. The van der Waals surface area contributed by atoms with E-state index in [1.54, 1.807) is 0 Å². The zero-order chi connectivity index (χ0) is 12.7. The van der Waals surface area contributed by atoms with Gasteiger partial charge < -0.3 is 15.0 Å². The Morgan fingerprint density at radius 3 is 2.94 bits per heavy atom.